The van der Waals surface area contributed by atoms with Crippen molar-refractivity contribution in [3.05, 3.63) is 61.1 Å². The number of ether oxygens (including phenoxy) is 1. The Kier molecular flexibility index (Phi) is 6.17. The molecule has 2 aromatic rings. The van der Waals surface area contributed by atoms with Crippen LogP contribution < -0.4 is 10.1 Å². The number of nitrogens with one attached hydrogen (secondary N) is 1. The van der Waals surface area contributed by atoms with Crippen molar-refractivity contribution in [2.45, 2.75) is 13.0 Å². The molecule has 0 heterocycles. The first-order chi connectivity index (χ1) is 10.1. The molecule has 0 bridgehead atoms. The zero-order valence-corrected chi connectivity index (χ0v) is 15.5. The fourth-order valence-corrected chi connectivity index (χ4v) is 2.94. The largest absolute Gasteiger partial charge is 0.496 e. The quantitative estimate of drug-likeness (QED) is 0.643. The van der Waals surface area contributed by atoms with E-state index >= 15 is 0 Å². The van der Waals surface area contributed by atoms with E-state index in [0.717, 1.165) is 32.0 Å². The minimum Gasteiger partial charge on any atom is -0.496 e. The first kappa shape index (κ1) is 16.9. The Balaban J connectivity index is 2.52. The topological polar surface area (TPSA) is 21.3 Å². The number of halogens is 3. The third-order valence-electron chi connectivity index (χ3n) is 3.19. The van der Waals surface area contributed by atoms with Gasteiger partial charge in [0, 0.05) is 14.2 Å². The Hall–Kier alpha value is -0.490. The zero-order valence-electron chi connectivity index (χ0n) is 11.8. The van der Waals surface area contributed by atoms with E-state index in [1.807, 2.05) is 30.3 Å². The van der Waals surface area contributed by atoms with E-state index in [0.29, 0.717) is 5.02 Å². The molecule has 1 unspecified atom stereocenters. The maximum atomic E-state index is 6.26. The molecule has 2 aromatic carbocycles. The van der Waals surface area contributed by atoms with Gasteiger partial charge in [0.25, 0.3) is 0 Å². The molecule has 5 heteroatoms. The molecule has 0 spiro atoms. The molecule has 0 aliphatic heterocycles. The summed E-state index contributed by atoms with van der Waals surface area (Å²) < 4.78 is 6.50. The van der Waals surface area contributed by atoms with Crippen LogP contribution in [0.1, 0.15) is 24.1 Å². The molecular formula is C16H16Cl2INO. The van der Waals surface area contributed by atoms with Gasteiger partial charge in [0.1, 0.15) is 5.75 Å². The summed E-state index contributed by atoms with van der Waals surface area (Å²) in [5.74, 6) is 0.806. The summed E-state index contributed by atoms with van der Waals surface area (Å²) in [4.78, 5) is 0. The van der Waals surface area contributed by atoms with Gasteiger partial charge in [-0.05, 0) is 65.0 Å². The standard InChI is InChI=1S/C16H16Cl2INO/c1-3-20-16(10-4-6-14(19)13(18)8-10)12-9-11(17)5-7-15(12)21-2/h4-9,16,20H,3H2,1-2H3. The van der Waals surface area contributed by atoms with E-state index in [-0.39, 0.29) is 6.04 Å². The fourth-order valence-electron chi connectivity index (χ4n) is 2.23. The predicted molar refractivity (Wildman–Crippen MR) is 97.7 cm³/mol. The summed E-state index contributed by atoms with van der Waals surface area (Å²) in [6.07, 6.45) is 0. The second kappa shape index (κ2) is 7.68. The van der Waals surface area contributed by atoms with Crippen molar-refractivity contribution in [3.8, 4) is 5.75 Å². The lowest BCUT2D eigenvalue weighted by Crippen LogP contribution is -2.22. The van der Waals surface area contributed by atoms with Crippen molar-refractivity contribution in [2.75, 3.05) is 13.7 Å². The van der Waals surface area contributed by atoms with Gasteiger partial charge in [-0.15, -0.1) is 0 Å². The Morgan fingerprint density at radius 3 is 2.57 bits per heavy atom. The van der Waals surface area contributed by atoms with Crippen LogP contribution in [0.25, 0.3) is 0 Å². The lowest BCUT2D eigenvalue weighted by atomic mass is 9.97. The molecule has 0 aliphatic carbocycles. The lowest BCUT2D eigenvalue weighted by Gasteiger charge is -2.22. The summed E-state index contributed by atoms with van der Waals surface area (Å²) >= 11 is 14.6. The number of hydrogen-bond donors (Lipinski definition) is 1. The SMILES string of the molecule is CCNC(c1ccc(I)c(Cl)c1)c1cc(Cl)ccc1OC. The van der Waals surface area contributed by atoms with Gasteiger partial charge < -0.3 is 10.1 Å². The monoisotopic (exact) mass is 435 g/mol. The second-order valence-electron chi connectivity index (χ2n) is 4.55. The maximum Gasteiger partial charge on any atom is 0.124 e. The summed E-state index contributed by atoms with van der Waals surface area (Å²) in [7, 11) is 1.66. The molecule has 1 atom stereocenters. The number of rotatable bonds is 5. The van der Waals surface area contributed by atoms with E-state index in [2.05, 4.69) is 40.9 Å². The third-order valence-corrected chi connectivity index (χ3v) is 5.00. The van der Waals surface area contributed by atoms with Crippen molar-refractivity contribution in [1.29, 1.82) is 0 Å². The Morgan fingerprint density at radius 2 is 1.95 bits per heavy atom. The van der Waals surface area contributed by atoms with Gasteiger partial charge in [-0.3, -0.25) is 0 Å². The van der Waals surface area contributed by atoms with Gasteiger partial charge in [0.15, 0.2) is 0 Å². The summed E-state index contributed by atoms with van der Waals surface area (Å²) in [6, 6.07) is 11.7. The van der Waals surface area contributed by atoms with Crippen molar-refractivity contribution < 1.29 is 4.74 Å². The Morgan fingerprint density at radius 1 is 1.19 bits per heavy atom. The van der Waals surface area contributed by atoms with Crippen molar-refractivity contribution in [3.63, 3.8) is 0 Å². The van der Waals surface area contributed by atoms with Gasteiger partial charge in [0.2, 0.25) is 0 Å². The highest BCUT2D eigenvalue weighted by atomic mass is 127. The van der Waals surface area contributed by atoms with Crippen LogP contribution in [0.3, 0.4) is 0 Å². The Bertz CT molecular complexity index is 634. The average molecular weight is 436 g/mol. The summed E-state index contributed by atoms with van der Waals surface area (Å²) in [5, 5.41) is 4.90. The minimum atomic E-state index is -0.0156. The highest BCUT2D eigenvalue weighted by Crippen LogP contribution is 2.34. The molecular weight excluding hydrogens is 420 g/mol. The van der Waals surface area contributed by atoms with Crippen molar-refractivity contribution in [2.24, 2.45) is 0 Å². The molecule has 1 N–H and O–H groups in total. The molecule has 0 fully saturated rings. The van der Waals surface area contributed by atoms with Gasteiger partial charge in [-0.2, -0.15) is 0 Å². The van der Waals surface area contributed by atoms with E-state index < -0.39 is 0 Å². The molecule has 0 aromatic heterocycles. The van der Waals surface area contributed by atoms with Gasteiger partial charge in [-0.1, -0.05) is 36.2 Å². The van der Waals surface area contributed by atoms with E-state index in [1.54, 1.807) is 7.11 Å². The number of hydrogen-bond acceptors (Lipinski definition) is 2. The smallest absolute Gasteiger partial charge is 0.124 e. The van der Waals surface area contributed by atoms with Crippen LogP contribution >= 0.6 is 45.8 Å². The number of methoxy groups -OCH3 is 1. The second-order valence-corrected chi connectivity index (χ2v) is 6.56. The van der Waals surface area contributed by atoms with Crippen LogP contribution in [0.2, 0.25) is 10.0 Å². The normalized spacial score (nSPS) is 12.2. The van der Waals surface area contributed by atoms with E-state index in [4.69, 9.17) is 27.9 Å². The molecule has 0 radical (unpaired) electrons. The summed E-state index contributed by atoms with van der Waals surface area (Å²) in [6.45, 7) is 2.89. The number of benzene rings is 2. The van der Waals surface area contributed by atoms with Crippen molar-refractivity contribution >= 4 is 45.8 Å². The van der Waals surface area contributed by atoms with Gasteiger partial charge in [-0.25, -0.2) is 0 Å². The highest BCUT2D eigenvalue weighted by Gasteiger charge is 2.18. The van der Waals surface area contributed by atoms with Crippen LogP contribution in [0.15, 0.2) is 36.4 Å². The molecule has 0 saturated carbocycles. The van der Waals surface area contributed by atoms with Gasteiger partial charge >= 0.3 is 0 Å². The van der Waals surface area contributed by atoms with Crippen LogP contribution in [0.5, 0.6) is 5.75 Å². The minimum absolute atomic E-state index is 0.0156. The van der Waals surface area contributed by atoms with Crippen LogP contribution in [0.4, 0.5) is 0 Å². The predicted octanol–water partition coefficient (Wildman–Crippen LogP) is 5.31. The third kappa shape index (κ3) is 4.03. The van der Waals surface area contributed by atoms with Crippen LogP contribution in [-0.4, -0.2) is 13.7 Å². The highest BCUT2D eigenvalue weighted by molar-refractivity contribution is 14.1. The van der Waals surface area contributed by atoms with Crippen molar-refractivity contribution in [1.82, 2.24) is 5.32 Å². The van der Waals surface area contributed by atoms with E-state index in [9.17, 15) is 0 Å². The van der Waals surface area contributed by atoms with Crippen LogP contribution in [0, 0.1) is 3.57 Å². The maximum absolute atomic E-state index is 6.26. The average Bonchev–Trinajstić information content (AvgIpc) is 2.48. The molecule has 0 saturated heterocycles. The van der Waals surface area contributed by atoms with Gasteiger partial charge in [0.05, 0.1) is 18.2 Å². The molecule has 2 rings (SSSR count). The van der Waals surface area contributed by atoms with Crippen LogP contribution in [-0.2, 0) is 0 Å². The van der Waals surface area contributed by atoms with E-state index in [1.165, 1.54) is 0 Å². The molecule has 112 valence electrons. The zero-order chi connectivity index (χ0) is 15.4. The lowest BCUT2D eigenvalue weighted by molar-refractivity contribution is 0.404. The molecule has 0 amide bonds. The first-order valence-electron chi connectivity index (χ1n) is 6.58. The molecule has 0 aliphatic rings. The molecule has 2 nitrogen and oxygen atoms in total. The molecule has 21 heavy (non-hydrogen) atoms. The first-order valence-corrected chi connectivity index (χ1v) is 8.42. The summed E-state index contributed by atoms with van der Waals surface area (Å²) in [5.41, 5.74) is 2.09. The Labute approximate surface area is 148 Å². The fraction of sp³-hybridized carbons (Fsp3) is 0.250.